The third kappa shape index (κ3) is 4.16. The second-order valence-corrected chi connectivity index (χ2v) is 8.69. The molecule has 1 aliphatic rings. The number of amides is 1. The summed E-state index contributed by atoms with van der Waals surface area (Å²) in [6, 6.07) is 2.43. The zero-order valence-electron chi connectivity index (χ0n) is 19.4. The van der Waals surface area contributed by atoms with Crippen LogP contribution >= 0.6 is 0 Å². The Morgan fingerprint density at radius 3 is 2.75 bits per heavy atom. The number of anilines is 2. The topological polar surface area (TPSA) is 119 Å². The molecule has 0 aromatic carbocycles. The van der Waals surface area contributed by atoms with Crippen molar-refractivity contribution >= 4 is 34.4 Å². The van der Waals surface area contributed by atoms with Gasteiger partial charge in [0.1, 0.15) is 23.0 Å². The van der Waals surface area contributed by atoms with Crippen LogP contribution in [0.3, 0.4) is 0 Å². The second-order valence-electron chi connectivity index (χ2n) is 8.69. The van der Waals surface area contributed by atoms with Gasteiger partial charge in [-0.1, -0.05) is 0 Å². The van der Waals surface area contributed by atoms with Crippen molar-refractivity contribution in [2.45, 2.75) is 45.5 Å². The molecule has 3 N–H and O–H groups in total. The minimum Gasteiger partial charge on any atom is -0.382 e. The van der Waals surface area contributed by atoms with Crippen LogP contribution in [0.5, 0.6) is 0 Å². The highest BCUT2D eigenvalue weighted by molar-refractivity contribution is 5.89. The lowest BCUT2D eigenvalue weighted by atomic mass is 10.0. The molecule has 0 radical (unpaired) electrons. The number of nitrogen functional groups attached to an aromatic ring is 1. The number of hydrogen-bond donors (Lipinski definition) is 2. The number of carbonyl (C=O) groups is 1. The van der Waals surface area contributed by atoms with Crippen molar-refractivity contribution in [3.63, 3.8) is 0 Å². The van der Waals surface area contributed by atoms with Gasteiger partial charge in [0, 0.05) is 13.5 Å². The number of aryl methyl sites for hydroxylation is 1. The highest BCUT2D eigenvalue weighted by Crippen LogP contribution is 2.32. The van der Waals surface area contributed by atoms with E-state index >= 15 is 4.39 Å². The summed E-state index contributed by atoms with van der Waals surface area (Å²) in [7, 11) is 0. The number of hydrogen-bond acceptors (Lipinski definition) is 7. The molecule has 0 spiro atoms. The molecule has 1 fully saturated rings. The van der Waals surface area contributed by atoms with Crippen LogP contribution in [0.25, 0.3) is 27.9 Å². The molecule has 2 atom stereocenters. The average Bonchev–Trinajstić information content (AvgIpc) is 3.30. The summed E-state index contributed by atoms with van der Waals surface area (Å²) < 4.78 is 58.3. The summed E-state index contributed by atoms with van der Waals surface area (Å²) in [6.45, 7) is 2.70. The van der Waals surface area contributed by atoms with Crippen LogP contribution in [0.1, 0.15) is 19.2 Å². The lowest BCUT2D eigenvalue weighted by Gasteiger charge is -2.34. The van der Waals surface area contributed by atoms with Gasteiger partial charge < -0.3 is 20.5 Å². The Kier molecular flexibility index (Phi) is 5.88. The van der Waals surface area contributed by atoms with Crippen molar-refractivity contribution in [1.82, 2.24) is 34.0 Å². The molecule has 4 aromatic rings. The molecule has 14 heteroatoms. The summed E-state index contributed by atoms with van der Waals surface area (Å²) in [5, 5.41) is 7.12. The van der Waals surface area contributed by atoms with Crippen LogP contribution in [0.15, 0.2) is 18.3 Å². The van der Waals surface area contributed by atoms with E-state index in [0.717, 1.165) is 6.20 Å². The third-order valence-electron chi connectivity index (χ3n) is 6.27. The molecule has 1 amide bonds. The Morgan fingerprint density at radius 2 is 2.06 bits per heavy atom. The van der Waals surface area contributed by atoms with Crippen molar-refractivity contribution in [3.05, 3.63) is 30.0 Å². The van der Waals surface area contributed by atoms with Crippen LogP contribution in [0, 0.1) is 12.7 Å². The predicted octanol–water partition coefficient (Wildman–Crippen LogP) is 2.81. The van der Waals surface area contributed by atoms with E-state index in [4.69, 9.17) is 5.73 Å². The molecule has 0 aliphatic carbocycles. The Balaban J connectivity index is 1.50. The molecular weight excluding hydrogens is 482 g/mol. The number of piperidine rings is 1. The molecule has 0 saturated carbocycles. The van der Waals surface area contributed by atoms with Crippen LogP contribution in [-0.4, -0.2) is 71.7 Å². The van der Waals surface area contributed by atoms with Gasteiger partial charge in [0.2, 0.25) is 11.9 Å². The summed E-state index contributed by atoms with van der Waals surface area (Å²) in [5.74, 6) is -0.625. The van der Waals surface area contributed by atoms with Crippen LogP contribution in [0.4, 0.5) is 29.3 Å². The zero-order valence-corrected chi connectivity index (χ0v) is 19.4. The lowest BCUT2D eigenvalue weighted by Crippen LogP contribution is -2.49. The fourth-order valence-corrected chi connectivity index (χ4v) is 4.51. The number of alkyl halides is 3. The molecule has 0 unspecified atom stereocenters. The fourth-order valence-electron chi connectivity index (χ4n) is 4.51. The number of likely N-dealkylation sites (tertiary alicyclic amines) is 1. The third-order valence-corrected chi connectivity index (χ3v) is 6.27. The maximum Gasteiger partial charge on any atom is 0.256 e. The van der Waals surface area contributed by atoms with E-state index in [1.807, 2.05) is 0 Å². The average molecular weight is 505 g/mol. The summed E-state index contributed by atoms with van der Waals surface area (Å²) in [5.41, 5.74) is 7.02. The maximum absolute atomic E-state index is 15.1. The number of fused-ring (bicyclic) bond motifs is 2. The Morgan fingerprint density at radius 1 is 1.28 bits per heavy atom. The number of carbonyl (C=O) groups excluding carboxylic acids is 1. The van der Waals surface area contributed by atoms with E-state index in [1.54, 1.807) is 13.0 Å². The van der Waals surface area contributed by atoms with Gasteiger partial charge in [0.25, 0.3) is 6.43 Å². The van der Waals surface area contributed by atoms with Crippen LogP contribution < -0.4 is 11.1 Å². The molecule has 36 heavy (non-hydrogen) atoms. The molecule has 1 aliphatic heterocycles. The standard InChI is InChI=1S/C22H23F4N9O/c1-10-28-16-4-3-15(29-21(16)34(10)9-17(25)26)18-13(24)8-35-19(18)20(27)31-22(32-35)30-14-5-6-33(11(2)36)7-12(14)23/h3-4,8,12,14,17H,5-7,9H2,1-2H3,(H3,27,30,31,32)/t12-,14+/m1/s1. The van der Waals surface area contributed by atoms with Crippen molar-refractivity contribution in [1.29, 1.82) is 0 Å². The minimum absolute atomic E-state index is 0.000444. The van der Waals surface area contributed by atoms with E-state index in [1.165, 1.54) is 27.0 Å². The number of imidazole rings is 1. The Hall–Kier alpha value is -3.97. The highest BCUT2D eigenvalue weighted by Gasteiger charge is 2.31. The van der Waals surface area contributed by atoms with Crippen LogP contribution in [-0.2, 0) is 11.3 Å². The number of nitrogens with zero attached hydrogens (tertiary/aromatic N) is 7. The Labute approximate surface area is 202 Å². The van der Waals surface area contributed by atoms with Crippen molar-refractivity contribution in [3.8, 4) is 11.3 Å². The van der Waals surface area contributed by atoms with Gasteiger partial charge in [-0.05, 0) is 25.5 Å². The predicted molar refractivity (Wildman–Crippen MR) is 124 cm³/mol. The number of nitrogens with two attached hydrogens (primary N) is 1. The summed E-state index contributed by atoms with van der Waals surface area (Å²) in [4.78, 5) is 25.7. The van der Waals surface area contributed by atoms with E-state index in [9.17, 15) is 18.0 Å². The van der Waals surface area contributed by atoms with Crippen molar-refractivity contribution < 1.29 is 22.4 Å². The first kappa shape index (κ1) is 23.8. The number of aromatic nitrogens is 6. The van der Waals surface area contributed by atoms with E-state index in [-0.39, 0.29) is 46.6 Å². The summed E-state index contributed by atoms with van der Waals surface area (Å²) in [6.07, 6.45) is -2.54. The van der Waals surface area contributed by atoms with Crippen molar-refractivity contribution in [2.75, 3.05) is 24.1 Å². The molecule has 0 bridgehead atoms. The quantitative estimate of drug-likeness (QED) is 0.401. The zero-order chi connectivity index (χ0) is 25.7. The normalized spacial score (nSPS) is 18.5. The number of nitrogens with one attached hydrogen (secondary N) is 1. The van der Waals surface area contributed by atoms with Gasteiger partial charge in [-0.25, -0.2) is 32.0 Å². The molecule has 5 rings (SSSR count). The van der Waals surface area contributed by atoms with Crippen molar-refractivity contribution in [2.24, 2.45) is 0 Å². The van der Waals surface area contributed by atoms with E-state index < -0.39 is 31.0 Å². The van der Waals surface area contributed by atoms with Gasteiger partial charge in [0.15, 0.2) is 17.3 Å². The lowest BCUT2D eigenvalue weighted by molar-refractivity contribution is -0.131. The van der Waals surface area contributed by atoms with E-state index in [2.05, 4.69) is 25.4 Å². The number of pyridine rings is 1. The van der Waals surface area contributed by atoms with Gasteiger partial charge in [-0.3, -0.25) is 4.79 Å². The van der Waals surface area contributed by atoms with Gasteiger partial charge in [-0.15, -0.1) is 5.10 Å². The minimum atomic E-state index is -2.62. The SMILES string of the molecule is CC(=O)N1CC[C@H](Nc2nc(N)c3c(-c4ccc5nc(C)n(CC(F)F)c5n4)c(F)cn3n2)[C@H](F)C1. The molecule has 190 valence electrons. The largest absolute Gasteiger partial charge is 0.382 e. The molecule has 4 aromatic heterocycles. The van der Waals surface area contributed by atoms with Gasteiger partial charge in [-0.2, -0.15) is 4.98 Å². The first-order valence-corrected chi connectivity index (χ1v) is 11.2. The van der Waals surface area contributed by atoms with E-state index in [0.29, 0.717) is 24.3 Å². The molecule has 5 heterocycles. The summed E-state index contributed by atoms with van der Waals surface area (Å²) >= 11 is 0. The monoisotopic (exact) mass is 505 g/mol. The molecule has 10 nitrogen and oxygen atoms in total. The Bertz CT molecular complexity index is 1470. The number of rotatable bonds is 5. The molecule has 1 saturated heterocycles. The maximum atomic E-state index is 15.1. The van der Waals surface area contributed by atoms with Gasteiger partial charge in [0.05, 0.1) is 36.6 Å². The first-order valence-electron chi connectivity index (χ1n) is 11.2. The van der Waals surface area contributed by atoms with Crippen LogP contribution in [0.2, 0.25) is 0 Å². The molecular formula is C22H23F4N9O. The second kappa shape index (κ2) is 8.91. The smallest absolute Gasteiger partial charge is 0.256 e. The highest BCUT2D eigenvalue weighted by atomic mass is 19.3. The first-order chi connectivity index (χ1) is 17.1. The number of halogens is 4. The fraction of sp³-hybridized carbons (Fsp3) is 0.409. The van der Waals surface area contributed by atoms with Gasteiger partial charge >= 0.3 is 0 Å².